The van der Waals surface area contributed by atoms with Gasteiger partial charge in [0.15, 0.2) is 5.65 Å². The quantitative estimate of drug-likeness (QED) is 0.389. The third-order valence-corrected chi connectivity index (χ3v) is 5.64. The van der Waals surface area contributed by atoms with E-state index in [1.54, 1.807) is 0 Å². The van der Waals surface area contributed by atoms with Gasteiger partial charge in [0.1, 0.15) is 16.5 Å². The Kier molecular flexibility index (Phi) is 4.95. The number of fused-ring (bicyclic) bond motifs is 1. The Morgan fingerprint density at radius 1 is 1.00 bits per heavy atom. The van der Waals surface area contributed by atoms with Crippen LogP contribution in [0.2, 0.25) is 5.15 Å². The molecule has 0 amide bonds. The highest BCUT2D eigenvalue weighted by Gasteiger charge is 2.16. The maximum Gasteiger partial charge on any atom is 0.205 e. The highest BCUT2D eigenvalue weighted by atomic mass is 35.5. The summed E-state index contributed by atoms with van der Waals surface area (Å²) in [6.07, 6.45) is 1.85. The first-order valence-corrected chi connectivity index (χ1v) is 10.5. The molecule has 0 aliphatic heterocycles. The van der Waals surface area contributed by atoms with Crippen LogP contribution in [0.5, 0.6) is 0 Å². The largest absolute Gasteiger partial charge is 0.281 e. The molecule has 0 atom stereocenters. The number of hydrogen-bond acceptors (Lipinski definition) is 5. The van der Waals surface area contributed by atoms with Crippen LogP contribution >= 0.6 is 11.6 Å². The number of nitrogens with one attached hydrogen (secondary N) is 1. The fourth-order valence-corrected chi connectivity index (χ4v) is 3.92. The van der Waals surface area contributed by atoms with E-state index in [4.69, 9.17) is 16.6 Å². The molecule has 3 aromatic heterocycles. The number of benzene rings is 2. The molecule has 0 spiro atoms. The van der Waals surface area contributed by atoms with Gasteiger partial charge in [0, 0.05) is 17.7 Å². The van der Waals surface area contributed by atoms with Gasteiger partial charge in [-0.15, -0.1) is 10.2 Å². The molecule has 0 radical (unpaired) electrons. The zero-order valence-electron chi connectivity index (χ0n) is 17.2. The second-order valence-electron chi connectivity index (χ2n) is 7.38. The van der Waals surface area contributed by atoms with E-state index >= 15 is 0 Å². The number of imidazole rings is 1. The van der Waals surface area contributed by atoms with Crippen LogP contribution < -0.4 is 0 Å². The first-order chi connectivity index (χ1) is 15.2. The molecule has 0 fully saturated rings. The number of nitrogens with zero attached hydrogens (tertiary/aromatic N) is 6. The molecule has 1 N–H and O–H groups in total. The van der Waals surface area contributed by atoms with E-state index in [9.17, 15) is 0 Å². The zero-order valence-corrected chi connectivity index (χ0v) is 17.9. The highest BCUT2D eigenvalue weighted by molar-refractivity contribution is 6.30. The molecule has 5 aromatic rings. The van der Waals surface area contributed by atoms with E-state index in [0.717, 1.165) is 57.8 Å². The first kappa shape index (κ1) is 19.4. The maximum atomic E-state index is 6.33. The summed E-state index contributed by atoms with van der Waals surface area (Å²) in [4.78, 5) is 9.45. The number of halogens is 1. The van der Waals surface area contributed by atoms with E-state index in [-0.39, 0.29) is 0 Å². The van der Waals surface area contributed by atoms with Crippen molar-refractivity contribution in [2.45, 2.75) is 26.7 Å². The molecule has 0 unspecified atom stereocenters. The van der Waals surface area contributed by atoms with Crippen LogP contribution in [0.25, 0.3) is 39.4 Å². The molecule has 0 bridgehead atoms. The van der Waals surface area contributed by atoms with Gasteiger partial charge in [0.25, 0.3) is 0 Å². The molecule has 0 saturated carbocycles. The Bertz CT molecular complexity index is 1360. The van der Waals surface area contributed by atoms with Crippen LogP contribution in [0.15, 0.2) is 54.6 Å². The third-order valence-electron chi connectivity index (χ3n) is 5.25. The predicted molar refractivity (Wildman–Crippen MR) is 121 cm³/mol. The van der Waals surface area contributed by atoms with Crippen molar-refractivity contribution in [1.82, 2.24) is 35.2 Å². The molecule has 3 heterocycles. The van der Waals surface area contributed by atoms with Gasteiger partial charge in [0.2, 0.25) is 5.82 Å². The number of aryl methyl sites for hydroxylation is 2. The summed E-state index contributed by atoms with van der Waals surface area (Å²) in [7, 11) is 0. The number of tetrazole rings is 1. The molecule has 154 valence electrons. The van der Waals surface area contributed by atoms with Crippen molar-refractivity contribution in [2.24, 2.45) is 0 Å². The van der Waals surface area contributed by atoms with Crippen LogP contribution in [0.1, 0.15) is 24.7 Å². The summed E-state index contributed by atoms with van der Waals surface area (Å²) in [5, 5.41) is 15.0. The lowest BCUT2D eigenvalue weighted by molar-refractivity contribution is 0.815. The third kappa shape index (κ3) is 3.47. The SMILES string of the molecule is CCCc1nc2cc(C)c(Cl)nc2n1-c1ccc(-c2ccccc2-c2nn[nH]n2)cc1. The first-order valence-electron chi connectivity index (χ1n) is 10.1. The number of pyridine rings is 1. The van der Waals surface area contributed by atoms with E-state index in [2.05, 4.69) is 67.4 Å². The van der Waals surface area contributed by atoms with E-state index in [1.807, 2.05) is 31.2 Å². The second kappa shape index (κ2) is 7.92. The molecule has 0 aliphatic carbocycles. The normalized spacial score (nSPS) is 11.3. The van der Waals surface area contributed by atoms with Crippen molar-refractivity contribution >= 4 is 22.8 Å². The molecule has 31 heavy (non-hydrogen) atoms. The van der Waals surface area contributed by atoms with E-state index in [1.165, 1.54) is 0 Å². The van der Waals surface area contributed by atoms with Crippen LogP contribution in [0.4, 0.5) is 0 Å². The van der Waals surface area contributed by atoms with Crippen LogP contribution in [0, 0.1) is 6.92 Å². The average molecular weight is 430 g/mol. The number of hydrogen-bond donors (Lipinski definition) is 1. The van der Waals surface area contributed by atoms with Gasteiger partial charge < -0.3 is 0 Å². The summed E-state index contributed by atoms with van der Waals surface area (Å²) >= 11 is 6.33. The number of rotatable bonds is 5. The van der Waals surface area contributed by atoms with Crippen molar-refractivity contribution in [1.29, 1.82) is 0 Å². The Morgan fingerprint density at radius 3 is 2.48 bits per heavy atom. The van der Waals surface area contributed by atoms with Gasteiger partial charge in [0.05, 0.1) is 0 Å². The van der Waals surface area contributed by atoms with E-state index in [0.29, 0.717) is 11.0 Å². The zero-order chi connectivity index (χ0) is 21.4. The Balaban J connectivity index is 1.61. The van der Waals surface area contributed by atoms with Gasteiger partial charge in [-0.25, -0.2) is 9.97 Å². The van der Waals surface area contributed by atoms with Crippen molar-refractivity contribution in [3.8, 4) is 28.2 Å². The van der Waals surface area contributed by atoms with Crippen LogP contribution in [-0.4, -0.2) is 35.2 Å². The van der Waals surface area contributed by atoms with Crippen molar-refractivity contribution in [2.75, 3.05) is 0 Å². The van der Waals surface area contributed by atoms with Crippen molar-refractivity contribution in [3.05, 3.63) is 71.1 Å². The van der Waals surface area contributed by atoms with Gasteiger partial charge in [-0.3, -0.25) is 4.57 Å². The van der Waals surface area contributed by atoms with Crippen LogP contribution in [-0.2, 0) is 6.42 Å². The van der Waals surface area contributed by atoms with Gasteiger partial charge in [-0.2, -0.15) is 5.21 Å². The minimum Gasteiger partial charge on any atom is -0.281 e. The smallest absolute Gasteiger partial charge is 0.205 e. The monoisotopic (exact) mass is 429 g/mol. The standard InChI is InChI=1S/C23H20ClN7/c1-3-6-20-25-19-13-14(2)21(24)26-23(19)31(20)16-11-9-15(10-12-16)17-7-4-5-8-18(17)22-27-29-30-28-22/h4-5,7-13H,3,6H2,1-2H3,(H,27,28,29,30). The Labute approximate surface area is 184 Å². The molecule has 7 nitrogen and oxygen atoms in total. The van der Waals surface area contributed by atoms with Crippen molar-refractivity contribution in [3.63, 3.8) is 0 Å². The second-order valence-corrected chi connectivity index (χ2v) is 7.74. The molecule has 0 aliphatic rings. The molecule has 0 saturated heterocycles. The summed E-state index contributed by atoms with van der Waals surface area (Å²) in [6, 6.07) is 18.4. The molecular formula is C23H20ClN7. The average Bonchev–Trinajstić information content (AvgIpc) is 3.43. The number of aromatic amines is 1. The van der Waals surface area contributed by atoms with Gasteiger partial charge in [-0.1, -0.05) is 54.9 Å². The summed E-state index contributed by atoms with van der Waals surface area (Å²) in [5.74, 6) is 1.55. The maximum absolute atomic E-state index is 6.33. The number of H-pyrrole nitrogens is 1. The Hall–Kier alpha value is -3.58. The lowest BCUT2D eigenvalue weighted by atomic mass is 9.99. The topological polar surface area (TPSA) is 85.2 Å². The molecule has 2 aromatic carbocycles. The van der Waals surface area contributed by atoms with E-state index < -0.39 is 0 Å². The summed E-state index contributed by atoms with van der Waals surface area (Å²) < 4.78 is 2.10. The minimum absolute atomic E-state index is 0.502. The minimum atomic E-state index is 0.502. The highest BCUT2D eigenvalue weighted by Crippen LogP contribution is 2.31. The van der Waals surface area contributed by atoms with Crippen LogP contribution in [0.3, 0.4) is 0 Å². The summed E-state index contributed by atoms with van der Waals surface area (Å²) in [6.45, 7) is 4.09. The molecular weight excluding hydrogens is 410 g/mol. The fourth-order valence-electron chi connectivity index (χ4n) is 3.78. The molecule has 5 rings (SSSR count). The summed E-state index contributed by atoms with van der Waals surface area (Å²) in [5.41, 5.74) is 6.59. The Morgan fingerprint density at radius 2 is 1.77 bits per heavy atom. The number of aromatic nitrogens is 7. The molecule has 8 heteroatoms. The lowest BCUT2D eigenvalue weighted by Gasteiger charge is -2.11. The van der Waals surface area contributed by atoms with Crippen molar-refractivity contribution < 1.29 is 0 Å². The van der Waals surface area contributed by atoms with Gasteiger partial charge in [-0.05, 0) is 53.4 Å². The lowest BCUT2D eigenvalue weighted by Crippen LogP contribution is -2.02. The van der Waals surface area contributed by atoms with Gasteiger partial charge >= 0.3 is 0 Å². The predicted octanol–water partition coefficient (Wildman–Crippen LogP) is 5.18. The fraction of sp³-hybridized carbons (Fsp3) is 0.174.